The van der Waals surface area contributed by atoms with Crippen LogP contribution in [0.5, 0.6) is 5.75 Å². The lowest BCUT2D eigenvalue weighted by Gasteiger charge is -2.09. The van der Waals surface area contributed by atoms with Crippen LogP contribution >= 0.6 is 0 Å². The van der Waals surface area contributed by atoms with E-state index in [2.05, 4.69) is 11.7 Å². The van der Waals surface area contributed by atoms with E-state index in [0.29, 0.717) is 12.3 Å². The Balaban J connectivity index is 2.24. The van der Waals surface area contributed by atoms with E-state index in [4.69, 9.17) is 9.57 Å². The highest BCUT2D eigenvalue weighted by molar-refractivity contribution is 6.12. The third-order valence-corrected chi connectivity index (χ3v) is 2.91. The van der Waals surface area contributed by atoms with E-state index in [9.17, 15) is 4.39 Å². The molecule has 0 aliphatic heterocycles. The summed E-state index contributed by atoms with van der Waals surface area (Å²) in [5, 5.41) is 4.04. The summed E-state index contributed by atoms with van der Waals surface area (Å²) >= 11 is 0. The number of oxime groups is 1. The molecule has 0 amide bonds. The largest absolute Gasteiger partial charge is 0.489 e. The Morgan fingerprint density at radius 3 is 2.09 bits per heavy atom. The molecular formula is C18H18FNO2. The zero-order valence-corrected chi connectivity index (χ0v) is 12.7. The van der Waals surface area contributed by atoms with E-state index in [1.54, 1.807) is 12.1 Å². The lowest BCUT2D eigenvalue weighted by Crippen LogP contribution is -2.04. The first-order valence-corrected chi connectivity index (χ1v) is 6.85. The van der Waals surface area contributed by atoms with Crippen LogP contribution in [-0.2, 0) is 4.84 Å². The van der Waals surface area contributed by atoms with Gasteiger partial charge in [0.15, 0.2) is 0 Å². The first-order chi connectivity index (χ1) is 10.6. The summed E-state index contributed by atoms with van der Waals surface area (Å²) in [6, 6.07) is 13.6. The normalized spacial score (nSPS) is 11.1. The molecule has 0 saturated heterocycles. The van der Waals surface area contributed by atoms with E-state index < -0.39 is 0 Å². The van der Waals surface area contributed by atoms with Gasteiger partial charge >= 0.3 is 0 Å². The monoisotopic (exact) mass is 299 g/mol. The summed E-state index contributed by atoms with van der Waals surface area (Å²) in [5.41, 5.74) is 3.22. The van der Waals surface area contributed by atoms with Gasteiger partial charge in [-0.2, -0.15) is 0 Å². The highest BCUT2D eigenvalue weighted by atomic mass is 19.1. The van der Waals surface area contributed by atoms with E-state index in [1.165, 1.54) is 19.2 Å². The highest BCUT2D eigenvalue weighted by Gasteiger charge is 2.08. The van der Waals surface area contributed by atoms with E-state index in [-0.39, 0.29) is 5.82 Å². The maximum Gasteiger partial charge on any atom is 0.123 e. The smallest absolute Gasteiger partial charge is 0.123 e. The minimum absolute atomic E-state index is 0.288. The number of hydrogen-bond acceptors (Lipinski definition) is 3. The van der Waals surface area contributed by atoms with Crippen molar-refractivity contribution in [3.63, 3.8) is 0 Å². The van der Waals surface area contributed by atoms with Crippen molar-refractivity contribution in [2.75, 3.05) is 13.7 Å². The molecule has 0 radical (unpaired) electrons. The molecule has 0 N–H and O–H groups in total. The lowest BCUT2D eigenvalue weighted by atomic mass is 10.0. The van der Waals surface area contributed by atoms with Gasteiger partial charge in [-0.05, 0) is 61.0 Å². The summed E-state index contributed by atoms with van der Waals surface area (Å²) in [6.07, 6.45) is 0. The minimum Gasteiger partial charge on any atom is -0.489 e. The predicted octanol–water partition coefficient (Wildman–Crippen LogP) is 4.18. The molecule has 0 heterocycles. The van der Waals surface area contributed by atoms with Crippen LogP contribution in [0, 0.1) is 5.82 Å². The van der Waals surface area contributed by atoms with Gasteiger partial charge in [0.2, 0.25) is 0 Å². The van der Waals surface area contributed by atoms with Gasteiger partial charge in [0, 0.05) is 11.1 Å². The van der Waals surface area contributed by atoms with Gasteiger partial charge in [-0.25, -0.2) is 4.39 Å². The molecule has 0 aliphatic carbocycles. The number of hydrogen-bond donors (Lipinski definition) is 0. The Hall–Kier alpha value is -2.62. The molecular weight excluding hydrogens is 281 g/mol. The number of ether oxygens (including phenoxy) is 1. The Kier molecular flexibility index (Phi) is 5.31. The number of halogens is 1. The third kappa shape index (κ3) is 4.19. The summed E-state index contributed by atoms with van der Waals surface area (Å²) < 4.78 is 18.6. The molecule has 2 aromatic carbocycles. The van der Waals surface area contributed by atoms with Gasteiger partial charge in [0.05, 0.1) is 0 Å². The van der Waals surface area contributed by atoms with Gasteiger partial charge in [-0.15, -0.1) is 0 Å². The van der Waals surface area contributed by atoms with E-state index in [1.807, 2.05) is 31.2 Å². The fraction of sp³-hybridized carbons (Fsp3) is 0.167. The Labute approximate surface area is 129 Å². The summed E-state index contributed by atoms with van der Waals surface area (Å²) in [7, 11) is 1.48. The van der Waals surface area contributed by atoms with Gasteiger partial charge in [-0.1, -0.05) is 11.7 Å². The van der Waals surface area contributed by atoms with Gasteiger partial charge in [0.1, 0.15) is 31.0 Å². The predicted molar refractivity (Wildman–Crippen MR) is 85.8 cm³/mol. The van der Waals surface area contributed by atoms with Crippen LogP contribution in [0.1, 0.15) is 18.1 Å². The number of benzene rings is 2. The highest BCUT2D eigenvalue weighted by Crippen LogP contribution is 2.17. The molecule has 0 spiro atoms. The number of nitrogens with zero attached hydrogens (tertiary/aromatic N) is 1. The van der Waals surface area contributed by atoms with Crippen molar-refractivity contribution in [1.82, 2.24) is 0 Å². The van der Waals surface area contributed by atoms with Gasteiger partial charge in [-0.3, -0.25) is 0 Å². The number of rotatable bonds is 6. The molecule has 0 bridgehead atoms. The van der Waals surface area contributed by atoms with Crippen LogP contribution < -0.4 is 4.74 Å². The Morgan fingerprint density at radius 2 is 1.59 bits per heavy atom. The van der Waals surface area contributed by atoms with Crippen molar-refractivity contribution >= 4 is 5.71 Å². The lowest BCUT2D eigenvalue weighted by molar-refractivity contribution is 0.214. The third-order valence-electron chi connectivity index (χ3n) is 2.91. The molecule has 22 heavy (non-hydrogen) atoms. The second-order valence-corrected chi connectivity index (χ2v) is 4.90. The van der Waals surface area contributed by atoms with Gasteiger partial charge in [0.25, 0.3) is 0 Å². The molecule has 0 fully saturated rings. The van der Waals surface area contributed by atoms with Crippen LogP contribution in [0.3, 0.4) is 0 Å². The first kappa shape index (κ1) is 15.8. The molecule has 2 rings (SSSR count). The fourth-order valence-corrected chi connectivity index (χ4v) is 1.89. The second kappa shape index (κ2) is 7.41. The molecule has 0 aromatic heterocycles. The molecule has 4 heteroatoms. The molecule has 2 aromatic rings. The van der Waals surface area contributed by atoms with Crippen LogP contribution in [0.25, 0.3) is 0 Å². The van der Waals surface area contributed by atoms with Crippen molar-refractivity contribution in [2.45, 2.75) is 6.92 Å². The Bertz CT molecular complexity index is 660. The topological polar surface area (TPSA) is 30.8 Å². The maximum atomic E-state index is 13.0. The quantitative estimate of drug-likeness (QED) is 0.455. The zero-order valence-electron chi connectivity index (χ0n) is 12.7. The van der Waals surface area contributed by atoms with Crippen LogP contribution in [-0.4, -0.2) is 19.4 Å². The average Bonchev–Trinajstić information content (AvgIpc) is 2.52. The Morgan fingerprint density at radius 1 is 1.05 bits per heavy atom. The van der Waals surface area contributed by atoms with Crippen LogP contribution in [0.15, 0.2) is 65.8 Å². The minimum atomic E-state index is -0.288. The fourth-order valence-electron chi connectivity index (χ4n) is 1.89. The van der Waals surface area contributed by atoms with Crippen molar-refractivity contribution in [3.8, 4) is 5.75 Å². The molecule has 0 aliphatic rings. The molecule has 3 nitrogen and oxygen atoms in total. The van der Waals surface area contributed by atoms with E-state index >= 15 is 0 Å². The van der Waals surface area contributed by atoms with Crippen LogP contribution in [0.4, 0.5) is 4.39 Å². The van der Waals surface area contributed by atoms with E-state index in [0.717, 1.165) is 22.4 Å². The average molecular weight is 299 g/mol. The summed E-state index contributed by atoms with van der Waals surface area (Å²) in [5.74, 6) is 0.465. The molecule has 0 saturated carbocycles. The van der Waals surface area contributed by atoms with Crippen molar-refractivity contribution in [2.24, 2.45) is 5.16 Å². The standard InChI is InChI=1S/C18H18FNO2/c1-13(2)12-22-17-10-6-15(7-11-17)18(20-21-3)14-4-8-16(19)9-5-14/h4-11H,1,12H2,2-3H3/b20-18-. The van der Waals surface area contributed by atoms with Crippen molar-refractivity contribution in [3.05, 3.63) is 77.6 Å². The maximum absolute atomic E-state index is 13.0. The van der Waals surface area contributed by atoms with Crippen molar-refractivity contribution < 1.29 is 14.0 Å². The zero-order chi connectivity index (χ0) is 15.9. The van der Waals surface area contributed by atoms with Gasteiger partial charge < -0.3 is 9.57 Å². The van der Waals surface area contributed by atoms with Crippen LogP contribution in [0.2, 0.25) is 0 Å². The second-order valence-electron chi connectivity index (χ2n) is 4.90. The summed E-state index contributed by atoms with van der Waals surface area (Å²) in [6.45, 7) is 6.19. The SMILES string of the molecule is C=C(C)COc1ccc(/C(=N\OC)c2ccc(F)cc2)cc1. The summed E-state index contributed by atoms with van der Waals surface area (Å²) in [4.78, 5) is 4.90. The molecule has 114 valence electrons. The molecule has 0 unspecified atom stereocenters. The first-order valence-electron chi connectivity index (χ1n) is 6.85. The van der Waals surface area contributed by atoms with Crippen molar-refractivity contribution in [1.29, 1.82) is 0 Å². The molecule has 0 atom stereocenters.